The number of ketones is 3. The second kappa shape index (κ2) is 50.2. The number of hydrogen-bond acceptors (Lipinski definition) is 9. The minimum Gasteiger partial charge on any atom is -0.505 e. The summed E-state index contributed by atoms with van der Waals surface area (Å²) >= 11 is 0. The lowest BCUT2D eigenvalue weighted by Gasteiger charge is -2.18. The van der Waals surface area contributed by atoms with E-state index in [2.05, 4.69) is 38.2 Å². The molecule has 0 aliphatic carbocycles. The van der Waals surface area contributed by atoms with Crippen molar-refractivity contribution < 1.29 is 42.8 Å². The smallest absolute Gasteiger partial charge is 0.158 e. The van der Waals surface area contributed by atoms with Crippen molar-refractivity contribution in [3.63, 3.8) is 0 Å². The van der Waals surface area contributed by atoms with Crippen LogP contribution < -0.4 is 0 Å². The van der Waals surface area contributed by atoms with Crippen LogP contribution in [0.2, 0.25) is 0 Å². The van der Waals surface area contributed by atoms with E-state index in [0.717, 1.165) is 128 Å². The first-order valence-corrected chi connectivity index (χ1v) is 26.2. The minimum absolute atomic E-state index is 0.0148. The van der Waals surface area contributed by atoms with Gasteiger partial charge in [0.05, 0.1) is 38.8 Å². The highest BCUT2D eigenvalue weighted by molar-refractivity contribution is 5.80. The number of ether oxygens (including phenoxy) is 6. The maximum atomic E-state index is 12.7. The molecule has 3 atom stereocenters. The first-order valence-electron chi connectivity index (χ1n) is 26.2. The van der Waals surface area contributed by atoms with Crippen molar-refractivity contribution in [2.75, 3.05) is 54.4 Å². The van der Waals surface area contributed by atoms with Crippen LogP contribution in [-0.2, 0) is 42.8 Å². The standard InChI is InChI=1S/C55H100O9/c1-6-8-10-32-40-53(60-4)42-34-26-20-14-12-17-23-29-37-50(56)45-62-48-55(49-63-46-51(57)38-30-24-19-16-22-28-36-44-59-3)64-47-52(58)39-31-25-18-13-15-21-27-35-43-54(61-5)41-33-11-9-7-2/h26-27,34-36,44,53-55H,6-25,28-33,37-43,45-49H2,1-5H3/b34-26?,35-27?,44-36+. The van der Waals surface area contributed by atoms with E-state index in [4.69, 9.17) is 28.4 Å². The molecule has 0 aromatic heterocycles. The molecule has 0 radical (unpaired) electrons. The Labute approximate surface area is 394 Å². The van der Waals surface area contributed by atoms with Crippen LogP contribution in [-0.4, -0.2) is 90.0 Å². The van der Waals surface area contributed by atoms with Crippen LogP contribution in [0.5, 0.6) is 0 Å². The Hall–Kier alpha value is -2.17. The predicted octanol–water partition coefficient (Wildman–Crippen LogP) is 14.3. The highest BCUT2D eigenvalue weighted by Crippen LogP contribution is 2.15. The highest BCUT2D eigenvalue weighted by Gasteiger charge is 2.15. The van der Waals surface area contributed by atoms with E-state index in [1.54, 1.807) is 13.4 Å². The summed E-state index contributed by atoms with van der Waals surface area (Å²) < 4.78 is 33.7. The van der Waals surface area contributed by atoms with Crippen molar-refractivity contribution in [3.05, 3.63) is 36.6 Å². The van der Waals surface area contributed by atoms with Crippen molar-refractivity contribution in [1.29, 1.82) is 0 Å². The molecule has 0 spiro atoms. The van der Waals surface area contributed by atoms with Gasteiger partial charge < -0.3 is 28.4 Å². The number of rotatable bonds is 52. The zero-order valence-corrected chi connectivity index (χ0v) is 42.2. The van der Waals surface area contributed by atoms with Gasteiger partial charge >= 0.3 is 0 Å². The van der Waals surface area contributed by atoms with E-state index >= 15 is 0 Å². The van der Waals surface area contributed by atoms with E-state index in [1.807, 2.05) is 20.3 Å². The molecule has 374 valence electrons. The third kappa shape index (κ3) is 45.0. The van der Waals surface area contributed by atoms with Gasteiger partial charge in [-0.2, -0.15) is 0 Å². The van der Waals surface area contributed by atoms with Crippen LogP contribution in [0.25, 0.3) is 0 Å². The summed E-state index contributed by atoms with van der Waals surface area (Å²) in [6.45, 7) is 4.78. The summed E-state index contributed by atoms with van der Waals surface area (Å²) in [6, 6.07) is 0. The molecule has 0 amide bonds. The molecule has 0 aromatic carbocycles. The van der Waals surface area contributed by atoms with Crippen LogP contribution in [0.3, 0.4) is 0 Å². The van der Waals surface area contributed by atoms with Crippen molar-refractivity contribution in [3.8, 4) is 0 Å². The third-order valence-electron chi connectivity index (χ3n) is 11.9. The van der Waals surface area contributed by atoms with Gasteiger partial charge in [0.2, 0.25) is 0 Å². The normalized spacial score (nSPS) is 13.4. The molecular formula is C55H100O9. The van der Waals surface area contributed by atoms with E-state index in [0.29, 0.717) is 31.5 Å². The lowest BCUT2D eigenvalue weighted by Crippen LogP contribution is -2.30. The Morgan fingerprint density at radius 3 is 1.19 bits per heavy atom. The molecule has 0 heterocycles. The van der Waals surface area contributed by atoms with E-state index in [1.165, 1.54) is 64.2 Å². The minimum atomic E-state index is -0.523. The Morgan fingerprint density at radius 2 is 0.781 bits per heavy atom. The number of carbonyl (C=O) groups is 3. The van der Waals surface area contributed by atoms with Gasteiger partial charge in [-0.1, -0.05) is 147 Å². The van der Waals surface area contributed by atoms with Crippen LogP contribution in [0.4, 0.5) is 0 Å². The van der Waals surface area contributed by atoms with Crippen molar-refractivity contribution in [2.45, 2.75) is 244 Å². The van der Waals surface area contributed by atoms with E-state index in [-0.39, 0.29) is 50.4 Å². The first kappa shape index (κ1) is 61.8. The predicted molar refractivity (Wildman–Crippen MR) is 266 cm³/mol. The van der Waals surface area contributed by atoms with Gasteiger partial charge in [-0.05, 0) is 89.5 Å². The summed E-state index contributed by atoms with van der Waals surface area (Å²) in [5.74, 6) is 0.200. The van der Waals surface area contributed by atoms with Crippen LogP contribution in [0.1, 0.15) is 226 Å². The van der Waals surface area contributed by atoms with Crippen molar-refractivity contribution in [2.24, 2.45) is 0 Å². The number of hydrogen-bond donors (Lipinski definition) is 0. The molecule has 0 aromatic rings. The maximum absolute atomic E-state index is 12.7. The molecule has 3 unspecified atom stereocenters. The van der Waals surface area contributed by atoms with Crippen LogP contribution in [0, 0.1) is 0 Å². The first-order chi connectivity index (χ1) is 31.4. The molecule has 0 N–H and O–H groups in total. The van der Waals surface area contributed by atoms with Gasteiger partial charge in [0.1, 0.15) is 25.9 Å². The number of Topliss-reactive ketones (excluding diaryl/α,β-unsaturated/α-hetero) is 3. The average Bonchev–Trinajstić information content (AvgIpc) is 3.29. The van der Waals surface area contributed by atoms with E-state index in [9.17, 15) is 14.4 Å². The summed E-state index contributed by atoms with van der Waals surface area (Å²) in [4.78, 5) is 37.9. The van der Waals surface area contributed by atoms with Crippen LogP contribution in [0.15, 0.2) is 36.6 Å². The summed E-state index contributed by atoms with van der Waals surface area (Å²) in [7, 11) is 5.30. The summed E-state index contributed by atoms with van der Waals surface area (Å²) in [6.07, 6.45) is 48.1. The largest absolute Gasteiger partial charge is 0.505 e. The fourth-order valence-corrected chi connectivity index (χ4v) is 7.68. The Kier molecular flexibility index (Phi) is 48.5. The molecule has 0 rings (SSSR count). The molecule has 64 heavy (non-hydrogen) atoms. The Balaban J connectivity index is 4.45. The van der Waals surface area contributed by atoms with Gasteiger partial charge in [0.15, 0.2) is 17.3 Å². The molecule has 9 heteroatoms. The zero-order valence-electron chi connectivity index (χ0n) is 42.2. The molecule has 0 bridgehead atoms. The maximum Gasteiger partial charge on any atom is 0.158 e. The zero-order chi connectivity index (χ0) is 46.8. The molecule has 9 nitrogen and oxygen atoms in total. The average molecular weight is 905 g/mol. The fourth-order valence-electron chi connectivity index (χ4n) is 7.68. The topological polar surface area (TPSA) is 107 Å². The van der Waals surface area contributed by atoms with Gasteiger partial charge in [0, 0.05) is 33.5 Å². The van der Waals surface area contributed by atoms with Gasteiger partial charge in [-0.25, -0.2) is 0 Å². The quantitative estimate of drug-likeness (QED) is 0.0335. The lowest BCUT2D eigenvalue weighted by atomic mass is 10.1. The van der Waals surface area contributed by atoms with Gasteiger partial charge in [-0.3, -0.25) is 14.4 Å². The Morgan fingerprint density at radius 1 is 0.406 bits per heavy atom. The summed E-state index contributed by atoms with van der Waals surface area (Å²) in [5, 5.41) is 0. The van der Waals surface area contributed by atoms with E-state index < -0.39 is 6.10 Å². The van der Waals surface area contributed by atoms with Crippen molar-refractivity contribution >= 4 is 17.3 Å². The molecule has 0 saturated carbocycles. The van der Waals surface area contributed by atoms with Gasteiger partial charge in [0.25, 0.3) is 0 Å². The van der Waals surface area contributed by atoms with Crippen LogP contribution >= 0.6 is 0 Å². The highest BCUT2D eigenvalue weighted by atomic mass is 16.6. The second-order valence-electron chi connectivity index (χ2n) is 17.9. The number of methoxy groups -OCH3 is 3. The molecule has 0 fully saturated rings. The second-order valence-corrected chi connectivity index (χ2v) is 17.9. The number of allylic oxidation sites excluding steroid dienone is 3. The molecule has 0 aliphatic heterocycles. The molecular weight excluding hydrogens is 805 g/mol. The Bertz CT molecular complexity index is 1120. The number of unbranched alkanes of at least 4 members (excludes halogenated alkanes) is 21. The monoisotopic (exact) mass is 905 g/mol. The third-order valence-corrected chi connectivity index (χ3v) is 11.9. The molecule has 0 aliphatic rings. The summed E-state index contributed by atoms with van der Waals surface area (Å²) in [5.41, 5.74) is 0. The lowest BCUT2D eigenvalue weighted by molar-refractivity contribution is -0.135. The number of carbonyl (C=O) groups excluding carboxylic acids is 3. The van der Waals surface area contributed by atoms with Gasteiger partial charge in [-0.15, -0.1) is 0 Å². The SMILES string of the molecule is CCCCCCC(CC=CCCCCCCCC(=O)COCC(COCC(=O)CCCCCCC/C=C/OC)OCC(=O)CCCCCCCC=CCC(CCCCCC)OC)OC. The molecule has 0 saturated heterocycles. The fraction of sp³-hybridized carbons (Fsp3) is 0.836. The van der Waals surface area contributed by atoms with Crippen molar-refractivity contribution in [1.82, 2.24) is 0 Å².